The summed E-state index contributed by atoms with van der Waals surface area (Å²) in [5.41, 5.74) is 0.812. The summed E-state index contributed by atoms with van der Waals surface area (Å²) in [6, 6.07) is 7.10. The van der Waals surface area contributed by atoms with Crippen LogP contribution in [0.3, 0.4) is 0 Å². The van der Waals surface area contributed by atoms with Crippen molar-refractivity contribution < 1.29 is 18.7 Å². The maximum atomic E-state index is 14.1. The number of carbonyl (C=O) groups excluding carboxylic acids is 2. The zero-order valence-corrected chi connectivity index (χ0v) is 23.8. The van der Waals surface area contributed by atoms with Gasteiger partial charge in [0.2, 0.25) is 5.91 Å². The third-order valence-electron chi connectivity index (χ3n) is 10.4. The lowest BCUT2D eigenvalue weighted by Crippen LogP contribution is -2.55. The number of hydrogen-bond acceptors (Lipinski definition) is 4. The first-order chi connectivity index (χ1) is 18.1. The number of rotatable bonds is 6. The van der Waals surface area contributed by atoms with Crippen LogP contribution < -0.4 is 0 Å². The summed E-state index contributed by atoms with van der Waals surface area (Å²) in [6.45, 7) is 6.87. The Balaban J connectivity index is 1.33. The van der Waals surface area contributed by atoms with Crippen molar-refractivity contribution in [2.24, 2.45) is 17.3 Å². The first-order valence-electron chi connectivity index (χ1n) is 14.7. The number of carbonyl (C=O) groups is 2. The highest BCUT2D eigenvalue weighted by molar-refractivity contribution is 5.80. The molecule has 2 aliphatic heterocycles. The molecule has 7 heteroatoms. The Labute approximate surface area is 227 Å². The number of benzene rings is 1. The minimum absolute atomic E-state index is 0.0377. The average molecular weight is 528 g/mol. The second kappa shape index (κ2) is 10.8. The van der Waals surface area contributed by atoms with Crippen molar-refractivity contribution in [3.8, 4) is 0 Å². The first kappa shape index (κ1) is 27.4. The summed E-state index contributed by atoms with van der Waals surface area (Å²) in [4.78, 5) is 33.1. The maximum absolute atomic E-state index is 14.1. The van der Waals surface area contributed by atoms with Gasteiger partial charge in [0.25, 0.3) is 0 Å². The van der Waals surface area contributed by atoms with E-state index in [1.165, 1.54) is 44.2 Å². The number of ether oxygens (including phenoxy) is 1. The Morgan fingerprint density at radius 2 is 1.71 bits per heavy atom. The summed E-state index contributed by atoms with van der Waals surface area (Å²) in [6.07, 6.45) is 9.70. The lowest BCUT2D eigenvalue weighted by molar-refractivity contribution is -0.139. The largest absolute Gasteiger partial charge is 0.447 e. The van der Waals surface area contributed by atoms with E-state index in [-0.39, 0.29) is 40.6 Å². The van der Waals surface area contributed by atoms with Crippen LogP contribution in [0, 0.1) is 23.1 Å². The van der Waals surface area contributed by atoms with Crippen LogP contribution in [-0.2, 0) is 9.53 Å². The van der Waals surface area contributed by atoms with Crippen molar-refractivity contribution in [2.45, 2.75) is 89.1 Å². The van der Waals surface area contributed by atoms with Gasteiger partial charge < -0.3 is 14.5 Å². The second-order valence-electron chi connectivity index (χ2n) is 13.3. The summed E-state index contributed by atoms with van der Waals surface area (Å²) in [5.74, 6) is 0.637. The molecule has 1 aromatic rings. The summed E-state index contributed by atoms with van der Waals surface area (Å²) < 4.78 is 19.1. The van der Waals surface area contributed by atoms with Crippen molar-refractivity contribution in [1.82, 2.24) is 14.7 Å². The molecule has 2 saturated carbocycles. The number of hydrogen-bond donors (Lipinski definition) is 0. The normalized spacial score (nSPS) is 29.6. The van der Waals surface area contributed by atoms with Gasteiger partial charge in [0.1, 0.15) is 12.4 Å². The van der Waals surface area contributed by atoms with Crippen LogP contribution in [0.5, 0.6) is 0 Å². The molecule has 5 rings (SSSR count). The topological polar surface area (TPSA) is 53.1 Å². The van der Waals surface area contributed by atoms with E-state index >= 15 is 0 Å². The zero-order chi connectivity index (χ0) is 27.1. The Kier molecular flexibility index (Phi) is 7.78. The number of likely N-dealkylation sites (tertiary alicyclic amines) is 1. The smallest absolute Gasteiger partial charge is 0.410 e. The van der Waals surface area contributed by atoms with Gasteiger partial charge in [0.05, 0.1) is 5.54 Å². The quantitative estimate of drug-likeness (QED) is 0.478. The number of piperidine rings is 1. The summed E-state index contributed by atoms with van der Waals surface area (Å²) >= 11 is 0. The Bertz CT molecular complexity index is 996. The number of cyclic esters (lactones) is 1. The number of nitrogens with zero attached hydrogens (tertiary/aromatic N) is 3. The van der Waals surface area contributed by atoms with Gasteiger partial charge in [-0.2, -0.15) is 0 Å². The Morgan fingerprint density at radius 1 is 1.05 bits per heavy atom. The Morgan fingerprint density at radius 3 is 2.29 bits per heavy atom. The predicted molar refractivity (Wildman–Crippen MR) is 146 cm³/mol. The van der Waals surface area contributed by atoms with Gasteiger partial charge in [0.15, 0.2) is 0 Å². The van der Waals surface area contributed by atoms with Crippen LogP contribution >= 0.6 is 0 Å². The van der Waals surface area contributed by atoms with Crippen LogP contribution in [0.4, 0.5) is 9.18 Å². The van der Waals surface area contributed by atoms with Gasteiger partial charge >= 0.3 is 6.09 Å². The molecule has 210 valence electrons. The molecule has 2 unspecified atom stereocenters. The SMILES string of the molecule is CN(C)[C@H]1CC(C(=O)N2CCC(CN3C(=O)OCC3(C)C)(C3CCCCC3)CC2)C(c2ccc(F)cc2)C1. The van der Waals surface area contributed by atoms with Gasteiger partial charge in [-0.15, -0.1) is 0 Å². The molecular formula is C31H46FN3O3. The molecule has 0 radical (unpaired) electrons. The molecule has 2 heterocycles. The number of amides is 2. The van der Waals surface area contributed by atoms with Crippen LogP contribution in [0.25, 0.3) is 0 Å². The fourth-order valence-corrected chi connectivity index (χ4v) is 7.84. The highest BCUT2D eigenvalue weighted by Crippen LogP contribution is 2.49. The number of halogens is 1. The molecule has 4 fully saturated rings. The summed E-state index contributed by atoms with van der Waals surface area (Å²) in [7, 11) is 4.17. The van der Waals surface area contributed by atoms with Gasteiger partial charge in [0, 0.05) is 31.6 Å². The minimum atomic E-state index is -0.293. The van der Waals surface area contributed by atoms with E-state index in [9.17, 15) is 14.0 Å². The van der Waals surface area contributed by atoms with E-state index in [0.717, 1.165) is 50.9 Å². The molecule has 1 aromatic carbocycles. The van der Waals surface area contributed by atoms with E-state index in [4.69, 9.17) is 4.74 Å². The maximum Gasteiger partial charge on any atom is 0.410 e. The van der Waals surface area contributed by atoms with Crippen LogP contribution in [0.1, 0.15) is 83.1 Å². The third kappa shape index (κ3) is 5.32. The van der Waals surface area contributed by atoms with Crippen molar-refractivity contribution in [3.63, 3.8) is 0 Å². The second-order valence-corrected chi connectivity index (χ2v) is 13.3. The van der Waals surface area contributed by atoms with E-state index in [0.29, 0.717) is 18.6 Å². The standard InChI is InChI=1S/C31H46FN3O3/c1-30(2)21-38-29(37)35(30)20-31(23-8-6-5-7-9-23)14-16-34(17-15-31)28(36)27-19-25(33(3)4)18-26(27)22-10-12-24(32)13-11-22/h10-13,23,25-27H,5-9,14-21H2,1-4H3/t25-,26?,27?/m1/s1. The third-order valence-corrected chi connectivity index (χ3v) is 10.4. The van der Waals surface area contributed by atoms with Gasteiger partial charge in [-0.3, -0.25) is 9.69 Å². The van der Waals surface area contributed by atoms with E-state index < -0.39 is 0 Å². The van der Waals surface area contributed by atoms with Crippen LogP contribution in [0.15, 0.2) is 24.3 Å². The molecule has 2 aliphatic carbocycles. The fourth-order valence-electron chi connectivity index (χ4n) is 7.84. The molecule has 6 nitrogen and oxygen atoms in total. The molecule has 2 amide bonds. The van der Waals surface area contributed by atoms with Crippen molar-refractivity contribution in [3.05, 3.63) is 35.6 Å². The van der Waals surface area contributed by atoms with E-state index in [1.54, 1.807) is 0 Å². The van der Waals surface area contributed by atoms with E-state index in [1.807, 2.05) is 17.0 Å². The zero-order valence-electron chi connectivity index (χ0n) is 23.8. The van der Waals surface area contributed by atoms with Gasteiger partial charge in [-0.05, 0) is 101 Å². The predicted octanol–water partition coefficient (Wildman–Crippen LogP) is 5.67. The van der Waals surface area contributed by atoms with Gasteiger partial charge in [-0.25, -0.2) is 9.18 Å². The highest BCUT2D eigenvalue weighted by atomic mass is 19.1. The fraction of sp³-hybridized carbons (Fsp3) is 0.742. The van der Waals surface area contributed by atoms with Crippen molar-refractivity contribution >= 4 is 12.0 Å². The van der Waals surface area contributed by atoms with Crippen molar-refractivity contribution in [1.29, 1.82) is 0 Å². The lowest BCUT2D eigenvalue weighted by Gasteiger charge is -2.51. The molecule has 0 spiro atoms. The molecule has 0 N–H and O–H groups in total. The molecular weight excluding hydrogens is 481 g/mol. The molecule has 0 aromatic heterocycles. The lowest BCUT2D eigenvalue weighted by atomic mass is 9.63. The molecule has 38 heavy (non-hydrogen) atoms. The highest BCUT2D eigenvalue weighted by Gasteiger charge is 2.50. The molecule has 3 atom stereocenters. The van der Waals surface area contributed by atoms with Crippen LogP contribution in [0.2, 0.25) is 0 Å². The van der Waals surface area contributed by atoms with Gasteiger partial charge in [-0.1, -0.05) is 31.4 Å². The molecule has 2 saturated heterocycles. The minimum Gasteiger partial charge on any atom is -0.447 e. The molecule has 4 aliphatic rings. The first-order valence-corrected chi connectivity index (χ1v) is 14.7. The van der Waals surface area contributed by atoms with Crippen molar-refractivity contribution in [2.75, 3.05) is 40.3 Å². The Hall–Kier alpha value is -2.15. The average Bonchev–Trinajstić information content (AvgIpc) is 3.47. The van der Waals surface area contributed by atoms with E-state index in [2.05, 4.69) is 37.7 Å². The summed E-state index contributed by atoms with van der Waals surface area (Å²) in [5, 5.41) is 0. The van der Waals surface area contributed by atoms with Crippen LogP contribution in [-0.4, -0.2) is 78.6 Å². The monoisotopic (exact) mass is 527 g/mol. The molecule has 0 bridgehead atoms.